The summed E-state index contributed by atoms with van der Waals surface area (Å²) in [6.45, 7) is 0. The average Bonchev–Trinajstić information content (AvgIpc) is 2.47. The highest BCUT2D eigenvalue weighted by Gasteiger charge is 2.11. The molecule has 0 aliphatic rings. The number of aromatic nitrogens is 1. The van der Waals surface area contributed by atoms with Gasteiger partial charge in [-0.3, -0.25) is 10.1 Å². The smallest absolute Gasteiger partial charge is 0.270 e. The molecule has 5 nitrogen and oxygen atoms in total. The fourth-order valence-corrected chi connectivity index (χ4v) is 1.39. The number of fused-ring (bicyclic) bond motifs is 1. The molecule has 1 aromatic carbocycles. The van der Waals surface area contributed by atoms with E-state index in [4.69, 9.17) is 4.52 Å². The number of hydrogen-bond acceptors (Lipinski definition) is 4. The molecule has 6 heteroatoms. The molecule has 0 saturated heterocycles. The maximum Gasteiger partial charge on any atom is 0.270 e. The molecule has 0 unspecified atom stereocenters. The van der Waals surface area contributed by atoms with Crippen LogP contribution in [0, 0.1) is 10.1 Å². The van der Waals surface area contributed by atoms with Crippen LogP contribution in [-0.4, -0.2) is 10.1 Å². The van der Waals surface area contributed by atoms with E-state index in [1.165, 1.54) is 18.2 Å². The fourth-order valence-electron chi connectivity index (χ4n) is 1.01. The standard InChI is InChI=1S/C7H3BrN2O3/c8-7-5-3-4(10(11)12)1-2-6(5)13-9-7/h1-3H. The Morgan fingerprint density at radius 1 is 1.54 bits per heavy atom. The molecule has 2 rings (SSSR count). The van der Waals surface area contributed by atoms with Gasteiger partial charge < -0.3 is 4.52 Å². The molecular weight excluding hydrogens is 240 g/mol. The van der Waals surface area contributed by atoms with Crippen molar-refractivity contribution in [2.24, 2.45) is 0 Å². The fraction of sp³-hybridized carbons (Fsp3) is 0. The first-order valence-corrected chi connectivity index (χ1v) is 4.17. The first-order chi connectivity index (χ1) is 6.18. The number of hydrogen-bond donors (Lipinski definition) is 0. The number of non-ortho nitro benzene ring substituents is 1. The number of nitro groups is 1. The van der Waals surface area contributed by atoms with E-state index >= 15 is 0 Å². The quantitative estimate of drug-likeness (QED) is 0.569. The Kier molecular flexibility index (Phi) is 1.77. The summed E-state index contributed by atoms with van der Waals surface area (Å²) in [6.07, 6.45) is 0. The van der Waals surface area contributed by atoms with Gasteiger partial charge in [-0.15, -0.1) is 0 Å². The van der Waals surface area contributed by atoms with E-state index in [2.05, 4.69) is 21.1 Å². The molecule has 0 spiro atoms. The van der Waals surface area contributed by atoms with Gasteiger partial charge in [0.15, 0.2) is 10.2 Å². The zero-order chi connectivity index (χ0) is 9.42. The number of benzene rings is 1. The van der Waals surface area contributed by atoms with Crippen molar-refractivity contribution in [3.05, 3.63) is 32.9 Å². The van der Waals surface area contributed by atoms with Gasteiger partial charge >= 0.3 is 0 Å². The summed E-state index contributed by atoms with van der Waals surface area (Å²) in [5, 5.41) is 14.6. The van der Waals surface area contributed by atoms with Crippen molar-refractivity contribution in [1.29, 1.82) is 0 Å². The molecule has 0 atom stereocenters. The Labute approximate surface area is 80.6 Å². The van der Waals surface area contributed by atoms with Gasteiger partial charge in [-0.1, -0.05) is 5.16 Å². The third-order valence-corrected chi connectivity index (χ3v) is 2.19. The third-order valence-electron chi connectivity index (χ3n) is 1.62. The second kappa shape index (κ2) is 2.81. The van der Waals surface area contributed by atoms with Gasteiger partial charge in [0.25, 0.3) is 5.69 Å². The normalized spacial score (nSPS) is 10.5. The van der Waals surface area contributed by atoms with Crippen LogP contribution in [0.5, 0.6) is 0 Å². The lowest BCUT2D eigenvalue weighted by atomic mass is 10.2. The summed E-state index contributed by atoms with van der Waals surface area (Å²) in [5.74, 6) is 0. The van der Waals surface area contributed by atoms with Gasteiger partial charge in [-0.2, -0.15) is 0 Å². The second-order valence-corrected chi connectivity index (χ2v) is 3.16. The topological polar surface area (TPSA) is 69.2 Å². The van der Waals surface area contributed by atoms with Crippen molar-refractivity contribution in [2.45, 2.75) is 0 Å². The van der Waals surface area contributed by atoms with Crippen LogP contribution in [0.4, 0.5) is 5.69 Å². The predicted molar refractivity (Wildman–Crippen MR) is 48.4 cm³/mol. The van der Waals surface area contributed by atoms with Gasteiger partial charge in [-0.05, 0) is 22.0 Å². The van der Waals surface area contributed by atoms with Crippen molar-refractivity contribution in [2.75, 3.05) is 0 Å². The molecule has 0 aliphatic carbocycles. The lowest BCUT2D eigenvalue weighted by molar-refractivity contribution is -0.384. The first kappa shape index (κ1) is 8.18. The van der Waals surface area contributed by atoms with Crippen LogP contribution in [0.25, 0.3) is 11.0 Å². The van der Waals surface area contributed by atoms with E-state index in [-0.39, 0.29) is 5.69 Å². The van der Waals surface area contributed by atoms with Crippen molar-refractivity contribution < 1.29 is 9.45 Å². The summed E-state index contributed by atoms with van der Waals surface area (Å²) in [4.78, 5) is 9.96. The predicted octanol–water partition coefficient (Wildman–Crippen LogP) is 2.50. The Morgan fingerprint density at radius 2 is 2.31 bits per heavy atom. The van der Waals surface area contributed by atoms with Gasteiger partial charge in [0.2, 0.25) is 0 Å². The minimum absolute atomic E-state index is 0.0244. The minimum Gasteiger partial charge on any atom is -0.355 e. The van der Waals surface area contributed by atoms with Crippen LogP contribution in [0.15, 0.2) is 27.3 Å². The SMILES string of the molecule is O=[N+]([O-])c1ccc2onc(Br)c2c1. The summed E-state index contributed by atoms with van der Waals surface area (Å²) in [6, 6.07) is 4.31. The molecule has 0 amide bonds. The monoisotopic (exact) mass is 242 g/mol. The van der Waals surface area contributed by atoms with Crippen molar-refractivity contribution in [1.82, 2.24) is 5.16 Å². The highest BCUT2D eigenvalue weighted by atomic mass is 79.9. The lowest BCUT2D eigenvalue weighted by Crippen LogP contribution is -1.86. The lowest BCUT2D eigenvalue weighted by Gasteiger charge is -1.89. The molecule has 0 saturated carbocycles. The van der Waals surface area contributed by atoms with Crippen LogP contribution in [0.3, 0.4) is 0 Å². The highest BCUT2D eigenvalue weighted by Crippen LogP contribution is 2.26. The maximum absolute atomic E-state index is 10.4. The Balaban J connectivity index is 2.72. The van der Waals surface area contributed by atoms with Crippen LogP contribution in [0.2, 0.25) is 0 Å². The molecular formula is C7H3BrN2O3. The number of halogens is 1. The second-order valence-electron chi connectivity index (χ2n) is 2.41. The van der Waals surface area contributed by atoms with Gasteiger partial charge in [0.1, 0.15) is 0 Å². The summed E-state index contributed by atoms with van der Waals surface area (Å²) in [7, 11) is 0. The van der Waals surface area contributed by atoms with Crippen LogP contribution in [0.1, 0.15) is 0 Å². The molecule has 0 N–H and O–H groups in total. The maximum atomic E-state index is 10.4. The molecule has 0 fully saturated rings. The van der Waals surface area contributed by atoms with Gasteiger partial charge in [0.05, 0.1) is 10.3 Å². The molecule has 2 aromatic rings. The zero-order valence-corrected chi connectivity index (χ0v) is 7.82. The van der Waals surface area contributed by atoms with Crippen molar-refractivity contribution in [3.8, 4) is 0 Å². The van der Waals surface area contributed by atoms with E-state index in [1.807, 2.05) is 0 Å². The molecule has 1 aromatic heterocycles. The van der Waals surface area contributed by atoms with Gasteiger partial charge in [-0.25, -0.2) is 0 Å². The molecule has 1 heterocycles. The summed E-state index contributed by atoms with van der Waals surface area (Å²) < 4.78 is 5.34. The van der Waals surface area contributed by atoms with E-state index in [9.17, 15) is 10.1 Å². The number of rotatable bonds is 1. The zero-order valence-electron chi connectivity index (χ0n) is 6.23. The Morgan fingerprint density at radius 3 is 3.00 bits per heavy atom. The number of nitrogens with zero attached hydrogens (tertiary/aromatic N) is 2. The highest BCUT2D eigenvalue weighted by molar-refractivity contribution is 9.10. The summed E-state index contributed by atoms with van der Waals surface area (Å²) >= 11 is 3.12. The number of nitro benzene ring substituents is 1. The molecule has 0 radical (unpaired) electrons. The van der Waals surface area contributed by atoms with Crippen molar-refractivity contribution >= 4 is 32.6 Å². The van der Waals surface area contributed by atoms with Crippen LogP contribution < -0.4 is 0 Å². The molecule has 13 heavy (non-hydrogen) atoms. The molecule has 66 valence electrons. The molecule has 0 bridgehead atoms. The minimum atomic E-state index is -0.459. The van der Waals surface area contributed by atoms with Gasteiger partial charge in [0, 0.05) is 12.1 Å². The largest absolute Gasteiger partial charge is 0.355 e. The van der Waals surface area contributed by atoms with E-state index in [0.717, 1.165) is 0 Å². The van der Waals surface area contributed by atoms with Crippen LogP contribution >= 0.6 is 15.9 Å². The average molecular weight is 243 g/mol. The van der Waals surface area contributed by atoms with Crippen molar-refractivity contribution in [3.63, 3.8) is 0 Å². The third kappa shape index (κ3) is 1.29. The summed E-state index contributed by atoms with van der Waals surface area (Å²) in [5.41, 5.74) is 0.550. The van der Waals surface area contributed by atoms with E-state index in [1.54, 1.807) is 0 Å². The van der Waals surface area contributed by atoms with E-state index < -0.39 is 4.92 Å². The van der Waals surface area contributed by atoms with E-state index in [0.29, 0.717) is 15.6 Å². The molecule has 0 aliphatic heterocycles. The first-order valence-electron chi connectivity index (χ1n) is 3.38. The Hall–Kier alpha value is -1.43. The Bertz CT molecular complexity index is 480. The van der Waals surface area contributed by atoms with Crippen LogP contribution in [-0.2, 0) is 0 Å².